The molecular formula is C47H30N4. The number of aromatic nitrogens is 4. The Labute approximate surface area is 293 Å². The van der Waals surface area contributed by atoms with Crippen LogP contribution in [-0.2, 0) is 5.41 Å². The van der Waals surface area contributed by atoms with Crippen LogP contribution in [0.15, 0.2) is 146 Å². The lowest BCUT2D eigenvalue weighted by atomic mass is 9.82. The highest BCUT2D eigenvalue weighted by Gasteiger charge is 2.37. The highest BCUT2D eigenvalue weighted by molar-refractivity contribution is 6.33. The van der Waals surface area contributed by atoms with Gasteiger partial charge < -0.3 is 4.40 Å². The van der Waals surface area contributed by atoms with Crippen molar-refractivity contribution in [3.63, 3.8) is 0 Å². The van der Waals surface area contributed by atoms with E-state index in [2.05, 4.69) is 168 Å². The fraction of sp³-hybridized carbons (Fsp3) is 0.0638. The molecule has 51 heavy (non-hydrogen) atoms. The Morgan fingerprint density at radius 1 is 0.451 bits per heavy atom. The van der Waals surface area contributed by atoms with Crippen molar-refractivity contribution in [1.29, 1.82) is 0 Å². The lowest BCUT2D eigenvalue weighted by Crippen LogP contribution is -2.14. The summed E-state index contributed by atoms with van der Waals surface area (Å²) in [4.78, 5) is 11.1. The Kier molecular flexibility index (Phi) is 5.02. The van der Waals surface area contributed by atoms with Crippen LogP contribution in [0, 0.1) is 0 Å². The van der Waals surface area contributed by atoms with Gasteiger partial charge >= 0.3 is 0 Å². The number of rotatable bonds is 2. The molecule has 0 atom stereocenters. The van der Waals surface area contributed by atoms with Crippen molar-refractivity contribution in [2.24, 2.45) is 0 Å². The van der Waals surface area contributed by atoms with Crippen LogP contribution in [0.4, 0.5) is 0 Å². The van der Waals surface area contributed by atoms with E-state index in [-0.39, 0.29) is 5.41 Å². The van der Waals surface area contributed by atoms with Gasteiger partial charge in [-0.3, -0.25) is 4.57 Å². The molecule has 4 nitrogen and oxygen atoms in total. The average molecular weight is 651 g/mol. The van der Waals surface area contributed by atoms with Gasteiger partial charge in [-0.05, 0) is 64.0 Å². The highest BCUT2D eigenvalue weighted by Crippen LogP contribution is 2.53. The zero-order valence-corrected chi connectivity index (χ0v) is 28.1. The van der Waals surface area contributed by atoms with Crippen molar-refractivity contribution >= 4 is 70.9 Å². The molecule has 0 N–H and O–H groups in total. The second-order valence-electron chi connectivity index (χ2n) is 14.5. The molecule has 4 aromatic heterocycles. The average Bonchev–Trinajstić information content (AvgIpc) is 3.74. The van der Waals surface area contributed by atoms with Gasteiger partial charge in [0.2, 0.25) is 0 Å². The van der Waals surface area contributed by atoms with Gasteiger partial charge in [-0.15, -0.1) is 0 Å². The largest absolute Gasteiger partial charge is 0.308 e. The van der Waals surface area contributed by atoms with E-state index in [0.29, 0.717) is 0 Å². The summed E-state index contributed by atoms with van der Waals surface area (Å²) in [5.74, 6) is 0.845. The molecule has 238 valence electrons. The van der Waals surface area contributed by atoms with E-state index in [1.165, 1.54) is 71.1 Å². The topological polar surface area (TPSA) is 35.1 Å². The quantitative estimate of drug-likeness (QED) is 0.187. The fourth-order valence-electron chi connectivity index (χ4n) is 9.48. The second-order valence-corrected chi connectivity index (χ2v) is 14.5. The van der Waals surface area contributed by atoms with Crippen LogP contribution in [0.3, 0.4) is 0 Å². The standard InChI is InChI=1S/C47H30N4/c1-47(2)33-18-6-3-15-31(33)41-32(17-11-19-34(41)47)44-46(49-36-21-8-7-20-35(36)48-44)51-39-24-12-16-29-27-13-4-9-22-37(27)50-38-23-10-5-14-28(38)30-25-26-40(51)43(42(29)39)45(30)50/h3-26H,1-2H3. The summed E-state index contributed by atoms with van der Waals surface area (Å²) >= 11 is 0. The number of fused-ring (bicyclic) bond motifs is 10. The molecule has 11 aromatic rings. The van der Waals surface area contributed by atoms with Gasteiger partial charge in [0, 0.05) is 37.9 Å². The van der Waals surface area contributed by atoms with Crippen LogP contribution < -0.4 is 0 Å². The third kappa shape index (κ3) is 3.30. The van der Waals surface area contributed by atoms with Gasteiger partial charge in [0.15, 0.2) is 5.82 Å². The summed E-state index contributed by atoms with van der Waals surface area (Å²) in [6.45, 7) is 4.67. The maximum absolute atomic E-state index is 5.54. The molecule has 0 amide bonds. The van der Waals surface area contributed by atoms with Gasteiger partial charge in [0.1, 0.15) is 5.69 Å². The number of benzene rings is 7. The molecule has 1 aliphatic rings. The van der Waals surface area contributed by atoms with Crippen LogP contribution in [0.25, 0.3) is 99.1 Å². The van der Waals surface area contributed by atoms with Crippen LogP contribution in [-0.4, -0.2) is 18.9 Å². The molecule has 0 radical (unpaired) electrons. The highest BCUT2D eigenvalue weighted by atomic mass is 15.1. The molecule has 0 bridgehead atoms. The maximum atomic E-state index is 5.54. The number of hydrogen-bond donors (Lipinski definition) is 0. The summed E-state index contributed by atoms with van der Waals surface area (Å²) < 4.78 is 4.88. The third-order valence-corrected chi connectivity index (χ3v) is 11.7. The van der Waals surface area contributed by atoms with Crippen molar-refractivity contribution in [3.05, 3.63) is 157 Å². The summed E-state index contributed by atoms with van der Waals surface area (Å²) in [7, 11) is 0. The van der Waals surface area contributed by atoms with E-state index < -0.39 is 0 Å². The molecule has 0 saturated heterocycles. The predicted molar refractivity (Wildman–Crippen MR) is 212 cm³/mol. The monoisotopic (exact) mass is 650 g/mol. The maximum Gasteiger partial charge on any atom is 0.165 e. The Hall–Kier alpha value is -6.52. The molecule has 7 aromatic carbocycles. The molecule has 0 fully saturated rings. The number of nitrogens with zero attached hydrogens (tertiary/aromatic N) is 4. The van der Waals surface area contributed by atoms with Crippen molar-refractivity contribution in [2.45, 2.75) is 19.3 Å². The Balaban J connectivity index is 1.30. The lowest BCUT2D eigenvalue weighted by Gasteiger charge is -2.22. The zero-order chi connectivity index (χ0) is 33.6. The lowest BCUT2D eigenvalue weighted by molar-refractivity contribution is 0.660. The summed E-state index contributed by atoms with van der Waals surface area (Å²) in [5, 5.41) is 7.48. The minimum atomic E-state index is -0.127. The normalized spacial score (nSPS) is 13.8. The van der Waals surface area contributed by atoms with E-state index in [1.807, 2.05) is 0 Å². The fourth-order valence-corrected chi connectivity index (χ4v) is 9.48. The molecule has 4 heteroatoms. The van der Waals surface area contributed by atoms with Gasteiger partial charge in [0.25, 0.3) is 0 Å². The van der Waals surface area contributed by atoms with Gasteiger partial charge in [0.05, 0.1) is 38.6 Å². The van der Waals surface area contributed by atoms with Gasteiger partial charge in [-0.25, -0.2) is 9.97 Å². The predicted octanol–water partition coefficient (Wildman–Crippen LogP) is 11.9. The molecule has 0 spiro atoms. The molecule has 12 rings (SSSR count). The molecular weight excluding hydrogens is 621 g/mol. The Morgan fingerprint density at radius 3 is 1.86 bits per heavy atom. The number of hydrogen-bond acceptors (Lipinski definition) is 2. The van der Waals surface area contributed by atoms with E-state index >= 15 is 0 Å². The molecule has 1 aliphatic carbocycles. The first kappa shape index (κ1) is 27.3. The van der Waals surface area contributed by atoms with Crippen LogP contribution in [0.1, 0.15) is 25.0 Å². The molecule has 0 unspecified atom stereocenters. The van der Waals surface area contributed by atoms with Crippen molar-refractivity contribution in [2.75, 3.05) is 0 Å². The van der Waals surface area contributed by atoms with Crippen molar-refractivity contribution in [1.82, 2.24) is 18.9 Å². The van der Waals surface area contributed by atoms with E-state index in [1.54, 1.807) is 0 Å². The zero-order valence-electron chi connectivity index (χ0n) is 28.1. The van der Waals surface area contributed by atoms with E-state index in [4.69, 9.17) is 9.97 Å². The van der Waals surface area contributed by atoms with E-state index in [0.717, 1.165) is 39.1 Å². The van der Waals surface area contributed by atoms with Gasteiger partial charge in [-0.1, -0.05) is 123 Å². The first-order valence-electron chi connectivity index (χ1n) is 17.7. The van der Waals surface area contributed by atoms with E-state index in [9.17, 15) is 0 Å². The van der Waals surface area contributed by atoms with Crippen LogP contribution in [0.5, 0.6) is 0 Å². The molecule has 0 saturated carbocycles. The summed E-state index contributed by atoms with van der Waals surface area (Å²) in [6, 6.07) is 52.9. The minimum absolute atomic E-state index is 0.127. The van der Waals surface area contributed by atoms with Crippen LogP contribution >= 0.6 is 0 Å². The summed E-state index contributed by atoms with van der Waals surface area (Å²) in [6.07, 6.45) is 0. The Bertz CT molecular complexity index is 3290. The van der Waals surface area contributed by atoms with Gasteiger partial charge in [-0.2, -0.15) is 0 Å². The molecule has 0 aliphatic heterocycles. The smallest absolute Gasteiger partial charge is 0.165 e. The minimum Gasteiger partial charge on any atom is -0.308 e. The Morgan fingerprint density at radius 2 is 1.04 bits per heavy atom. The second kappa shape index (κ2) is 9.38. The van der Waals surface area contributed by atoms with Crippen LogP contribution in [0.2, 0.25) is 0 Å². The number of para-hydroxylation sites is 4. The van der Waals surface area contributed by atoms with Crippen molar-refractivity contribution < 1.29 is 0 Å². The first-order chi connectivity index (χ1) is 25.1. The molecule has 4 heterocycles. The SMILES string of the molecule is CC1(C)c2ccccc2-c2c(-c3nc4ccccc4nc3-n3c4cccc5c6ccccc6n6c7ccccc7c7ccc3c(c54)c76)cccc21. The van der Waals surface area contributed by atoms with Crippen molar-refractivity contribution in [3.8, 4) is 28.2 Å². The summed E-state index contributed by atoms with van der Waals surface area (Å²) in [5.41, 5.74) is 14.7. The third-order valence-electron chi connectivity index (χ3n) is 11.7. The first-order valence-corrected chi connectivity index (χ1v) is 17.7.